The number of halogens is 3. The van der Waals surface area contributed by atoms with Crippen molar-refractivity contribution in [3.63, 3.8) is 0 Å². The summed E-state index contributed by atoms with van der Waals surface area (Å²) in [6.45, 7) is 0. The zero-order valence-electron chi connectivity index (χ0n) is 16.8. The Bertz CT molecular complexity index is 1540. The van der Waals surface area contributed by atoms with E-state index in [1.54, 1.807) is 24.3 Å². The third-order valence-corrected chi connectivity index (χ3v) is 4.83. The molecule has 11 nitrogen and oxygen atoms in total. The second-order valence-electron chi connectivity index (χ2n) is 7.02. The van der Waals surface area contributed by atoms with Crippen molar-refractivity contribution in [2.75, 3.05) is 11.1 Å². The van der Waals surface area contributed by atoms with Crippen LogP contribution >= 0.6 is 0 Å². The summed E-state index contributed by atoms with van der Waals surface area (Å²) in [5.41, 5.74) is 7.04. The lowest BCUT2D eigenvalue weighted by molar-refractivity contribution is -0.141. The van der Waals surface area contributed by atoms with Gasteiger partial charge in [0.05, 0.1) is 11.8 Å². The topological polar surface area (TPSA) is 156 Å². The quantitative estimate of drug-likeness (QED) is 0.284. The number of hydrogen-bond acceptors (Lipinski definition) is 8. The van der Waals surface area contributed by atoms with Gasteiger partial charge < -0.3 is 25.9 Å². The molecule has 1 aromatic carbocycles. The maximum absolute atomic E-state index is 12.9. The van der Waals surface area contributed by atoms with E-state index in [0.29, 0.717) is 22.3 Å². The first-order valence-electron chi connectivity index (χ1n) is 9.53. The standard InChI is InChI=1S/C20H13F3N8O3/c21-20(22,23)13-6-5-11-17(29-13)30-18(28-11)27-10-3-1-9(2-4-10)14-12(34-19(32)33)7-31-15(14)16(24)25-8-26-31/h1-8H,(H,32,33)(H2,24,25,26)(H2,27,28,29,30). The summed E-state index contributed by atoms with van der Waals surface area (Å²) in [4.78, 5) is 25.5. The number of H-pyrrole nitrogens is 1. The SMILES string of the molecule is Nc1ncnn2cc(OC(=O)O)c(-c3ccc(Nc4nc5ccc(C(F)(F)F)nc5[nH]4)cc3)c12. The minimum absolute atomic E-state index is 0.0137. The molecule has 0 saturated carbocycles. The Balaban J connectivity index is 1.47. The fourth-order valence-corrected chi connectivity index (χ4v) is 3.43. The molecule has 0 fully saturated rings. The molecule has 0 spiro atoms. The number of nitrogen functional groups attached to an aromatic ring is 1. The van der Waals surface area contributed by atoms with Crippen molar-refractivity contribution in [1.82, 2.24) is 29.5 Å². The second-order valence-corrected chi connectivity index (χ2v) is 7.02. The molecular weight excluding hydrogens is 457 g/mol. The number of carboxylic acid groups (broad SMARTS) is 1. The molecule has 14 heteroatoms. The zero-order chi connectivity index (χ0) is 24.0. The molecule has 5 rings (SSSR count). The predicted molar refractivity (Wildman–Crippen MR) is 114 cm³/mol. The molecule has 0 aliphatic heterocycles. The van der Waals surface area contributed by atoms with Gasteiger partial charge in [0.1, 0.15) is 23.1 Å². The van der Waals surface area contributed by atoms with Crippen molar-refractivity contribution in [2.24, 2.45) is 0 Å². The number of aromatic amines is 1. The fourth-order valence-electron chi connectivity index (χ4n) is 3.43. The number of rotatable bonds is 4. The van der Waals surface area contributed by atoms with Gasteiger partial charge >= 0.3 is 12.3 Å². The summed E-state index contributed by atoms with van der Waals surface area (Å²) in [5, 5.41) is 16.1. The van der Waals surface area contributed by atoms with Gasteiger partial charge in [0, 0.05) is 5.69 Å². The van der Waals surface area contributed by atoms with Crippen molar-refractivity contribution in [3.8, 4) is 16.9 Å². The largest absolute Gasteiger partial charge is 0.511 e. The van der Waals surface area contributed by atoms with Gasteiger partial charge in [0.15, 0.2) is 17.2 Å². The van der Waals surface area contributed by atoms with Gasteiger partial charge in [0.2, 0.25) is 5.95 Å². The number of ether oxygens (including phenoxy) is 1. The van der Waals surface area contributed by atoms with Crippen LogP contribution in [0.1, 0.15) is 5.69 Å². The summed E-state index contributed by atoms with van der Waals surface area (Å²) < 4.78 is 44.9. The first-order chi connectivity index (χ1) is 16.2. The Hall–Kier alpha value is -4.88. The molecule has 4 aromatic heterocycles. The molecule has 0 unspecified atom stereocenters. The van der Waals surface area contributed by atoms with Crippen LogP contribution in [0.4, 0.5) is 35.4 Å². The number of carbonyl (C=O) groups is 1. The summed E-state index contributed by atoms with van der Waals surface area (Å²) in [6, 6.07) is 8.74. The molecule has 4 heterocycles. The van der Waals surface area contributed by atoms with Crippen molar-refractivity contribution < 1.29 is 27.8 Å². The number of alkyl halides is 3. The van der Waals surface area contributed by atoms with Crippen molar-refractivity contribution in [3.05, 3.63) is 54.6 Å². The van der Waals surface area contributed by atoms with Crippen molar-refractivity contribution in [2.45, 2.75) is 6.18 Å². The second kappa shape index (κ2) is 7.61. The zero-order valence-corrected chi connectivity index (χ0v) is 16.8. The number of fused-ring (bicyclic) bond motifs is 2. The van der Waals surface area contributed by atoms with E-state index in [0.717, 1.165) is 6.07 Å². The van der Waals surface area contributed by atoms with E-state index in [1.165, 1.54) is 23.1 Å². The highest BCUT2D eigenvalue weighted by molar-refractivity contribution is 5.93. The van der Waals surface area contributed by atoms with Crippen molar-refractivity contribution >= 4 is 40.3 Å². The first kappa shape index (κ1) is 21.0. The summed E-state index contributed by atoms with van der Waals surface area (Å²) in [5.74, 6) is 0.334. The highest BCUT2D eigenvalue weighted by atomic mass is 19.4. The van der Waals surface area contributed by atoms with Gasteiger partial charge in [-0.25, -0.2) is 24.3 Å². The average molecular weight is 470 g/mol. The monoisotopic (exact) mass is 470 g/mol. The normalized spacial score (nSPS) is 11.7. The van der Waals surface area contributed by atoms with E-state index >= 15 is 0 Å². The number of anilines is 3. The highest BCUT2D eigenvalue weighted by Gasteiger charge is 2.32. The van der Waals surface area contributed by atoms with E-state index in [9.17, 15) is 18.0 Å². The molecular formula is C20H13F3N8O3. The minimum atomic E-state index is -4.57. The van der Waals surface area contributed by atoms with Gasteiger partial charge in [-0.05, 0) is 29.8 Å². The van der Waals surface area contributed by atoms with Gasteiger partial charge in [-0.1, -0.05) is 12.1 Å². The summed E-state index contributed by atoms with van der Waals surface area (Å²) in [6.07, 6.45) is -3.47. The van der Waals surface area contributed by atoms with Crippen molar-refractivity contribution in [1.29, 1.82) is 0 Å². The number of nitrogens with one attached hydrogen (secondary N) is 2. The number of pyridine rings is 1. The van der Waals surface area contributed by atoms with E-state index in [-0.39, 0.29) is 28.7 Å². The molecule has 172 valence electrons. The maximum atomic E-state index is 12.9. The van der Waals surface area contributed by atoms with Crippen LogP contribution in [0.3, 0.4) is 0 Å². The van der Waals surface area contributed by atoms with Crippen LogP contribution in [0, 0.1) is 0 Å². The molecule has 0 bridgehead atoms. The minimum Gasteiger partial charge on any atom is -0.449 e. The third kappa shape index (κ3) is 3.76. The Morgan fingerprint density at radius 2 is 1.91 bits per heavy atom. The van der Waals surface area contributed by atoms with E-state index in [2.05, 4.69) is 30.4 Å². The van der Waals surface area contributed by atoms with E-state index in [4.69, 9.17) is 15.6 Å². The molecule has 34 heavy (non-hydrogen) atoms. The Morgan fingerprint density at radius 1 is 1.15 bits per heavy atom. The van der Waals surface area contributed by atoms with Gasteiger partial charge in [-0.3, -0.25) is 0 Å². The number of hydrogen-bond donors (Lipinski definition) is 4. The fraction of sp³-hybridized carbons (Fsp3) is 0.0500. The highest BCUT2D eigenvalue weighted by Crippen LogP contribution is 2.38. The van der Waals surface area contributed by atoms with Gasteiger partial charge in [-0.2, -0.15) is 18.3 Å². The molecule has 0 radical (unpaired) electrons. The van der Waals surface area contributed by atoms with Crippen LogP contribution in [-0.2, 0) is 6.18 Å². The maximum Gasteiger partial charge on any atom is 0.511 e. The third-order valence-electron chi connectivity index (χ3n) is 4.83. The molecule has 0 amide bonds. The molecule has 0 aliphatic rings. The lowest BCUT2D eigenvalue weighted by Crippen LogP contribution is -2.07. The van der Waals surface area contributed by atoms with Crippen LogP contribution in [0.2, 0.25) is 0 Å². The van der Waals surface area contributed by atoms with Gasteiger partial charge in [0.25, 0.3) is 0 Å². The van der Waals surface area contributed by atoms with Crippen LogP contribution in [0.5, 0.6) is 5.75 Å². The molecule has 5 aromatic rings. The molecule has 0 aliphatic carbocycles. The first-order valence-corrected chi connectivity index (χ1v) is 9.53. The Kier molecular flexibility index (Phi) is 4.70. The number of imidazole rings is 1. The summed E-state index contributed by atoms with van der Waals surface area (Å²) in [7, 11) is 0. The summed E-state index contributed by atoms with van der Waals surface area (Å²) >= 11 is 0. The number of aromatic nitrogens is 6. The van der Waals surface area contributed by atoms with E-state index < -0.39 is 18.0 Å². The van der Waals surface area contributed by atoms with Crippen LogP contribution in [-0.4, -0.2) is 40.8 Å². The van der Waals surface area contributed by atoms with Crippen LogP contribution < -0.4 is 15.8 Å². The number of benzene rings is 1. The Labute approximate surface area is 187 Å². The smallest absolute Gasteiger partial charge is 0.449 e. The predicted octanol–water partition coefficient (Wildman–Crippen LogP) is 4.07. The lowest BCUT2D eigenvalue weighted by atomic mass is 10.1. The Morgan fingerprint density at radius 3 is 2.62 bits per heavy atom. The molecule has 5 N–H and O–H groups in total. The number of nitrogens with two attached hydrogens (primary N) is 1. The number of nitrogens with zero attached hydrogens (tertiary/aromatic N) is 5. The average Bonchev–Trinajstić information content (AvgIpc) is 3.34. The lowest BCUT2D eigenvalue weighted by Gasteiger charge is -2.07. The van der Waals surface area contributed by atoms with Crippen LogP contribution in [0.15, 0.2) is 48.9 Å². The molecule has 0 saturated heterocycles. The van der Waals surface area contributed by atoms with Gasteiger partial charge in [-0.15, -0.1) is 0 Å². The molecule has 0 atom stereocenters. The van der Waals surface area contributed by atoms with E-state index in [1.807, 2.05) is 0 Å². The van der Waals surface area contributed by atoms with Crippen LogP contribution in [0.25, 0.3) is 27.8 Å².